The molecule has 1 fully saturated rings. The van der Waals surface area contributed by atoms with Crippen molar-refractivity contribution in [2.45, 2.75) is 25.7 Å². The molecule has 0 aliphatic carbocycles. The van der Waals surface area contributed by atoms with Gasteiger partial charge in [-0.2, -0.15) is 12.7 Å². The van der Waals surface area contributed by atoms with Crippen molar-refractivity contribution >= 4 is 43.4 Å². The van der Waals surface area contributed by atoms with Crippen LogP contribution in [0.1, 0.15) is 25.7 Å². The van der Waals surface area contributed by atoms with Gasteiger partial charge < -0.3 is 0 Å². The summed E-state index contributed by atoms with van der Waals surface area (Å²) in [6.07, 6.45) is 3.99. The van der Waals surface area contributed by atoms with Gasteiger partial charge in [-0.05, 0) is 31.0 Å². The Kier molecular flexibility index (Phi) is 5.11. The van der Waals surface area contributed by atoms with Gasteiger partial charge in [0.1, 0.15) is 0 Å². The fourth-order valence-electron chi connectivity index (χ4n) is 2.06. The van der Waals surface area contributed by atoms with E-state index in [9.17, 15) is 8.42 Å². The van der Waals surface area contributed by atoms with Crippen LogP contribution < -0.4 is 4.72 Å². The summed E-state index contributed by atoms with van der Waals surface area (Å²) in [4.78, 5) is 0. The first-order valence-corrected chi connectivity index (χ1v) is 8.83. The van der Waals surface area contributed by atoms with Gasteiger partial charge in [0, 0.05) is 17.6 Å². The lowest BCUT2D eigenvalue weighted by Gasteiger charge is -2.21. The molecule has 0 aromatic heterocycles. The summed E-state index contributed by atoms with van der Waals surface area (Å²) < 4.78 is 29.5. The Balaban J connectivity index is 2.18. The molecule has 2 rings (SSSR count). The third-order valence-electron chi connectivity index (χ3n) is 3.07. The Morgan fingerprint density at radius 2 is 1.79 bits per heavy atom. The van der Waals surface area contributed by atoms with Crippen LogP contribution in [0.15, 0.2) is 22.7 Å². The summed E-state index contributed by atoms with van der Waals surface area (Å²) in [6.45, 7) is 1.14. The first-order chi connectivity index (χ1) is 8.99. The number of rotatable bonds is 3. The number of nitrogens with zero attached hydrogens (tertiary/aromatic N) is 1. The standard InChI is InChI=1S/C12H16BrClN2O2S/c13-10-5-6-11(14)12(9-10)15-19(17,18)16-7-3-1-2-4-8-16/h5-6,9,15H,1-4,7-8H2. The number of hydrogen-bond acceptors (Lipinski definition) is 2. The van der Waals surface area contributed by atoms with E-state index in [2.05, 4.69) is 20.7 Å². The van der Waals surface area contributed by atoms with Crippen molar-refractivity contribution in [1.29, 1.82) is 0 Å². The molecule has 0 atom stereocenters. The molecule has 0 unspecified atom stereocenters. The van der Waals surface area contributed by atoms with E-state index >= 15 is 0 Å². The molecule has 0 radical (unpaired) electrons. The highest BCUT2D eigenvalue weighted by Crippen LogP contribution is 2.27. The first-order valence-electron chi connectivity index (χ1n) is 6.22. The highest BCUT2D eigenvalue weighted by atomic mass is 79.9. The second-order valence-corrected chi connectivity index (χ2v) is 7.54. The highest BCUT2D eigenvalue weighted by molar-refractivity contribution is 9.10. The van der Waals surface area contributed by atoms with Gasteiger partial charge in [0.15, 0.2) is 0 Å². The van der Waals surface area contributed by atoms with Crippen molar-refractivity contribution in [1.82, 2.24) is 4.31 Å². The molecule has 4 nitrogen and oxygen atoms in total. The van der Waals surface area contributed by atoms with Crippen molar-refractivity contribution < 1.29 is 8.42 Å². The smallest absolute Gasteiger partial charge is 0.269 e. The average molecular weight is 368 g/mol. The zero-order valence-electron chi connectivity index (χ0n) is 10.4. The number of nitrogens with one attached hydrogen (secondary N) is 1. The first kappa shape index (κ1) is 15.1. The second-order valence-electron chi connectivity index (χ2n) is 4.54. The lowest BCUT2D eigenvalue weighted by atomic mass is 10.2. The summed E-state index contributed by atoms with van der Waals surface area (Å²) in [6, 6.07) is 5.09. The fraction of sp³-hybridized carbons (Fsp3) is 0.500. The zero-order chi connectivity index (χ0) is 13.9. The summed E-state index contributed by atoms with van der Waals surface area (Å²) in [5, 5.41) is 0.390. The highest BCUT2D eigenvalue weighted by Gasteiger charge is 2.23. The van der Waals surface area contributed by atoms with Crippen LogP contribution in [-0.2, 0) is 10.2 Å². The van der Waals surface area contributed by atoms with Gasteiger partial charge in [-0.25, -0.2) is 0 Å². The van der Waals surface area contributed by atoms with E-state index in [4.69, 9.17) is 11.6 Å². The molecule has 1 heterocycles. The molecule has 1 N–H and O–H groups in total. The SMILES string of the molecule is O=S(=O)(Nc1cc(Br)ccc1Cl)N1CCCCCC1. The van der Waals surface area contributed by atoms with E-state index in [-0.39, 0.29) is 0 Å². The van der Waals surface area contributed by atoms with Crippen LogP contribution in [0, 0.1) is 0 Å². The lowest BCUT2D eigenvalue weighted by Crippen LogP contribution is -2.36. The van der Waals surface area contributed by atoms with Crippen LogP contribution in [0.25, 0.3) is 0 Å². The lowest BCUT2D eigenvalue weighted by molar-refractivity contribution is 0.427. The number of benzene rings is 1. The summed E-state index contributed by atoms with van der Waals surface area (Å²) in [5.74, 6) is 0. The largest absolute Gasteiger partial charge is 0.301 e. The second kappa shape index (κ2) is 6.43. The molecule has 1 aliphatic heterocycles. The van der Waals surface area contributed by atoms with Crippen molar-refractivity contribution in [3.8, 4) is 0 Å². The van der Waals surface area contributed by atoms with Crippen molar-refractivity contribution in [3.05, 3.63) is 27.7 Å². The molecule has 1 aliphatic rings. The predicted molar refractivity (Wildman–Crippen MR) is 81.7 cm³/mol. The van der Waals surface area contributed by atoms with Crippen molar-refractivity contribution in [2.24, 2.45) is 0 Å². The maximum absolute atomic E-state index is 12.3. The molecule has 19 heavy (non-hydrogen) atoms. The molecule has 0 bridgehead atoms. The van der Waals surface area contributed by atoms with Crippen LogP contribution in [0.4, 0.5) is 5.69 Å². The van der Waals surface area contributed by atoms with Gasteiger partial charge in [-0.1, -0.05) is 40.4 Å². The van der Waals surface area contributed by atoms with Crippen LogP contribution in [0.5, 0.6) is 0 Å². The Morgan fingerprint density at radius 3 is 2.42 bits per heavy atom. The predicted octanol–water partition coefficient (Wildman–Crippen LogP) is 3.64. The van der Waals surface area contributed by atoms with E-state index in [1.165, 1.54) is 4.31 Å². The quantitative estimate of drug-likeness (QED) is 0.887. The molecular formula is C12H16BrClN2O2S. The van der Waals surface area contributed by atoms with Crippen LogP contribution in [0.3, 0.4) is 0 Å². The Morgan fingerprint density at radius 1 is 1.16 bits per heavy atom. The summed E-state index contributed by atoms with van der Waals surface area (Å²) in [7, 11) is -3.52. The fourth-order valence-corrected chi connectivity index (χ4v) is 3.96. The summed E-state index contributed by atoms with van der Waals surface area (Å²) >= 11 is 9.31. The van der Waals surface area contributed by atoms with Gasteiger partial charge in [-0.3, -0.25) is 4.72 Å². The number of anilines is 1. The molecule has 0 amide bonds. The molecule has 0 spiro atoms. The number of halogens is 2. The van der Waals surface area contributed by atoms with Gasteiger partial charge in [0.05, 0.1) is 10.7 Å². The normalized spacial score (nSPS) is 18.0. The molecule has 106 valence electrons. The molecule has 0 saturated carbocycles. The molecule has 1 aromatic rings. The minimum Gasteiger partial charge on any atom is -0.269 e. The Labute approximate surface area is 127 Å². The van der Waals surface area contributed by atoms with Crippen molar-refractivity contribution in [2.75, 3.05) is 17.8 Å². The minimum atomic E-state index is -3.52. The van der Waals surface area contributed by atoms with Crippen molar-refractivity contribution in [3.63, 3.8) is 0 Å². The monoisotopic (exact) mass is 366 g/mol. The van der Waals surface area contributed by atoms with Crippen LogP contribution >= 0.6 is 27.5 Å². The van der Waals surface area contributed by atoms with E-state index in [1.54, 1.807) is 18.2 Å². The minimum absolute atomic E-state index is 0.390. The third-order valence-corrected chi connectivity index (χ3v) is 5.42. The van der Waals surface area contributed by atoms with Gasteiger partial charge in [0.25, 0.3) is 0 Å². The van der Waals surface area contributed by atoms with E-state index < -0.39 is 10.2 Å². The average Bonchev–Trinajstić information content (AvgIpc) is 2.63. The maximum Gasteiger partial charge on any atom is 0.301 e. The molecular weight excluding hydrogens is 352 g/mol. The van der Waals surface area contributed by atoms with E-state index in [1.807, 2.05) is 0 Å². The van der Waals surface area contributed by atoms with E-state index in [0.717, 1.165) is 30.2 Å². The van der Waals surface area contributed by atoms with Gasteiger partial charge in [-0.15, -0.1) is 0 Å². The molecule has 7 heteroatoms. The molecule has 1 aromatic carbocycles. The van der Waals surface area contributed by atoms with Gasteiger partial charge >= 0.3 is 10.2 Å². The van der Waals surface area contributed by atoms with E-state index in [0.29, 0.717) is 23.8 Å². The zero-order valence-corrected chi connectivity index (χ0v) is 13.6. The van der Waals surface area contributed by atoms with Crippen LogP contribution in [0.2, 0.25) is 5.02 Å². The van der Waals surface area contributed by atoms with Crippen LogP contribution in [-0.4, -0.2) is 25.8 Å². The maximum atomic E-state index is 12.3. The molecule has 1 saturated heterocycles. The Bertz CT molecular complexity index is 543. The number of hydrogen-bond donors (Lipinski definition) is 1. The van der Waals surface area contributed by atoms with Gasteiger partial charge in [0.2, 0.25) is 0 Å². The third kappa shape index (κ3) is 4.08. The topological polar surface area (TPSA) is 49.4 Å². The summed E-state index contributed by atoms with van der Waals surface area (Å²) in [5.41, 5.74) is 0.403. The Hall–Kier alpha value is -0.300.